The second kappa shape index (κ2) is 3.25. The molecule has 3 rings (SSSR count). The molecule has 1 heterocycles. The van der Waals surface area contributed by atoms with E-state index >= 15 is 0 Å². The standard InChI is InChI=1S/C13H14N2O3/c1-13(2)6-9(13)15-10-7(11(16)17)4-3-5-8(10)14-12(15)18/h3-5,9H,6H2,1-2H3,(H,14,18)(H,16,17). The van der Waals surface area contributed by atoms with Crippen molar-refractivity contribution in [1.29, 1.82) is 0 Å². The number of carboxylic acids is 1. The normalized spacial score (nSPS) is 21.1. The third kappa shape index (κ3) is 1.40. The summed E-state index contributed by atoms with van der Waals surface area (Å²) in [7, 11) is 0. The molecule has 1 aliphatic rings. The minimum Gasteiger partial charge on any atom is -0.478 e. The zero-order chi connectivity index (χ0) is 13.1. The Labute approximate surface area is 103 Å². The van der Waals surface area contributed by atoms with Crippen molar-refractivity contribution in [2.24, 2.45) is 5.41 Å². The Morgan fingerprint density at radius 2 is 2.17 bits per heavy atom. The maximum Gasteiger partial charge on any atom is 0.337 e. The summed E-state index contributed by atoms with van der Waals surface area (Å²) in [5, 5.41) is 9.22. The molecule has 5 nitrogen and oxygen atoms in total. The van der Waals surface area contributed by atoms with Gasteiger partial charge in [-0.2, -0.15) is 0 Å². The van der Waals surface area contributed by atoms with Crippen molar-refractivity contribution in [3.63, 3.8) is 0 Å². The average Bonchev–Trinajstić information content (AvgIpc) is 2.77. The zero-order valence-corrected chi connectivity index (χ0v) is 10.2. The number of nitrogens with one attached hydrogen (secondary N) is 1. The Bertz CT molecular complexity index is 709. The molecule has 1 saturated carbocycles. The third-order valence-corrected chi connectivity index (χ3v) is 3.74. The molecule has 0 radical (unpaired) electrons. The van der Waals surface area contributed by atoms with Crippen molar-refractivity contribution in [2.45, 2.75) is 26.3 Å². The first kappa shape index (κ1) is 11.1. The maximum atomic E-state index is 12.0. The second-order valence-corrected chi connectivity index (χ2v) is 5.52. The quantitative estimate of drug-likeness (QED) is 0.851. The predicted octanol–water partition coefficient (Wildman–Crippen LogP) is 2.00. The number of aromatic amines is 1. The van der Waals surface area contributed by atoms with E-state index in [0.29, 0.717) is 11.0 Å². The van der Waals surface area contributed by atoms with Gasteiger partial charge in [0.2, 0.25) is 0 Å². The van der Waals surface area contributed by atoms with Gasteiger partial charge in [-0.25, -0.2) is 9.59 Å². The molecule has 1 aromatic heterocycles. The van der Waals surface area contributed by atoms with Crippen LogP contribution in [0.4, 0.5) is 0 Å². The highest BCUT2D eigenvalue weighted by Crippen LogP contribution is 2.55. The Morgan fingerprint density at radius 1 is 1.50 bits per heavy atom. The van der Waals surface area contributed by atoms with Gasteiger partial charge in [0.25, 0.3) is 0 Å². The number of carbonyl (C=O) groups is 1. The van der Waals surface area contributed by atoms with Crippen LogP contribution in [0, 0.1) is 5.41 Å². The number of hydrogen-bond acceptors (Lipinski definition) is 2. The van der Waals surface area contributed by atoms with E-state index in [4.69, 9.17) is 0 Å². The minimum absolute atomic E-state index is 0.0601. The number of benzene rings is 1. The fourth-order valence-corrected chi connectivity index (χ4v) is 2.53. The summed E-state index contributed by atoms with van der Waals surface area (Å²) in [6, 6.07) is 4.99. The third-order valence-electron chi connectivity index (χ3n) is 3.74. The first-order chi connectivity index (χ1) is 8.42. The van der Waals surface area contributed by atoms with Crippen LogP contribution >= 0.6 is 0 Å². The Hall–Kier alpha value is -2.04. The van der Waals surface area contributed by atoms with Crippen molar-refractivity contribution in [3.8, 4) is 0 Å². The number of para-hydroxylation sites is 1. The number of rotatable bonds is 2. The minimum atomic E-state index is -1.01. The van der Waals surface area contributed by atoms with Crippen LogP contribution in [0.3, 0.4) is 0 Å². The molecule has 0 aliphatic heterocycles. The lowest BCUT2D eigenvalue weighted by molar-refractivity contribution is 0.0698. The molecule has 0 saturated heterocycles. The van der Waals surface area contributed by atoms with Crippen molar-refractivity contribution >= 4 is 17.0 Å². The van der Waals surface area contributed by atoms with Crippen LogP contribution in [0.2, 0.25) is 0 Å². The van der Waals surface area contributed by atoms with E-state index < -0.39 is 5.97 Å². The molecule has 1 aliphatic carbocycles. The van der Waals surface area contributed by atoms with Crippen LogP contribution in [0.25, 0.3) is 11.0 Å². The Kier molecular flexibility index (Phi) is 2.00. The molecule has 1 unspecified atom stereocenters. The molecule has 0 bridgehead atoms. The number of hydrogen-bond donors (Lipinski definition) is 2. The molecule has 5 heteroatoms. The van der Waals surface area contributed by atoms with Crippen molar-refractivity contribution in [3.05, 3.63) is 34.2 Å². The summed E-state index contributed by atoms with van der Waals surface area (Å²) in [6.45, 7) is 4.15. The molecule has 0 spiro atoms. The SMILES string of the molecule is CC1(C)CC1n1c(=O)[nH]c2cccc(C(=O)O)c21. The van der Waals surface area contributed by atoms with Crippen LogP contribution in [0.15, 0.2) is 23.0 Å². The highest BCUT2D eigenvalue weighted by molar-refractivity contribution is 6.01. The van der Waals surface area contributed by atoms with Gasteiger partial charge in [-0.05, 0) is 24.0 Å². The summed E-state index contributed by atoms with van der Waals surface area (Å²) >= 11 is 0. The monoisotopic (exact) mass is 246 g/mol. The van der Waals surface area contributed by atoms with E-state index in [1.807, 2.05) is 0 Å². The molecule has 1 atom stereocenters. The molecule has 18 heavy (non-hydrogen) atoms. The molecular formula is C13H14N2O3. The van der Waals surface area contributed by atoms with E-state index in [2.05, 4.69) is 18.8 Å². The fourth-order valence-electron chi connectivity index (χ4n) is 2.53. The van der Waals surface area contributed by atoms with Gasteiger partial charge in [0.05, 0.1) is 16.6 Å². The summed E-state index contributed by atoms with van der Waals surface area (Å²) in [5.74, 6) is -1.01. The summed E-state index contributed by atoms with van der Waals surface area (Å²) in [4.78, 5) is 26.0. The van der Waals surface area contributed by atoms with Gasteiger partial charge in [-0.1, -0.05) is 19.9 Å². The van der Waals surface area contributed by atoms with Gasteiger partial charge in [0.1, 0.15) is 0 Å². The number of nitrogens with zero attached hydrogens (tertiary/aromatic N) is 1. The second-order valence-electron chi connectivity index (χ2n) is 5.52. The molecule has 1 fully saturated rings. The zero-order valence-electron chi connectivity index (χ0n) is 10.2. The van der Waals surface area contributed by atoms with E-state index in [9.17, 15) is 14.7 Å². The lowest BCUT2D eigenvalue weighted by Gasteiger charge is -2.07. The van der Waals surface area contributed by atoms with Gasteiger partial charge < -0.3 is 10.1 Å². The first-order valence-electron chi connectivity index (χ1n) is 5.88. The molecule has 94 valence electrons. The fraction of sp³-hybridized carbons (Fsp3) is 0.385. The molecule has 2 N–H and O–H groups in total. The van der Waals surface area contributed by atoms with Gasteiger partial charge in [0, 0.05) is 6.04 Å². The lowest BCUT2D eigenvalue weighted by Crippen LogP contribution is -2.18. The van der Waals surface area contributed by atoms with Crippen molar-refractivity contribution in [2.75, 3.05) is 0 Å². The number of fused-ring (bicyclic) bond motifs is 1. The van der Waals surface area contributed by atoms with Crippen LogP contribution in [-0.4, -0.2) is 20.6 Å². The number of H-pyrrole nitrogens is 1. The van der Waals surface area contributed by atoms with Gasteiger partial charge >= 0.3 is 11.7 Å². The Balaban J connectivity index is 2.34. The molecular weight excluding hydrogens is 232 g/mol. The highest BCUT2D eigenvalue weighted by atomic mass is 16.4. The van der Waals surface area contributed by atoms with Crippen LogP contribution < -0.4 is 5.69 Å². The Morgan fingerprint density at radius 3 is 2.72 bits per heavy atom. The maximum absolute atomic E-state index is 12.0. The molecule has 0 amide bonds. The number of imidazole rings is 1. The van der Waals surface area contributed by atoms with Crippen LogP contribution in [-0.2, 0) is 0 Å². The number of aromatic nitrogens is 2. The van der Waals surface area contributed by atoms with E-state index in [0.717, 1.165) is 6.42 Å². The average molecular weight is 246 g/mol. The summed E-state index contributed by atoms with van der Waals surface area (Å²) in [5.41, 5.74) is 1.10. The van der Waals surface area contributed by atoms with Gasteiger partial charge in [-0.3, -0.25) is 4.57 Å². The van der Waals surface area contributed by atoms with E-state index in [1.165, 1.54) is 6.07 Å². The van der Waals surface area contributed by atoms with Crippen LogP contribution in [0.1, 0.15) is 36.7 Å². The smallest absolute Gasteiger partial charge is 0.337 e. The van der Waals surface area contributed by atoms with Crippen molar-refractivity contribution < 1.29 is 9.90 Å². The highest BCUT2D eigenvalue weighted by Gasteiger charge is 2.48. The van der Waals surface area contributed by atoms with Gasteiger partial charge in [-0.15, -0.1) is 0 Å². The first-order valence-corrected chi connectivity index (χ1v) is 5.88. The molecule has 2 aromatic rings. The lowest BCUT2D eigenvalue weighted by atomic mass is 10.1. The van der Waals surface area contributed by atoms with E-state index in [1.54, 1.807) is 16.7 Å². The van der Waals surface area contributed by atoms with E-state index in [-0.39, 0.29) is 22.7 Å². The summed E-state index contributed by atoms with van der Waals surface area (Å²) < 4.78 is 1.60. The largest absolute Gasteiger partial charge is 0.478 e. The van der Waals surface area contributed by atoms with Crippen LogP contribution in [0.5, 0.6) is 0 Å². The van der Waals surface area contributed by atoms with Crippen molar-refractivity contribution in [1.82, 2.24) is 9.55 Å². The van der Waals surface area contributed by atoms with Gasteiger partial charge in [0.15, 0.2) is 0 Å². The summed E-state index contributed by atoms with van der Waals surface area (Å²) in [6.07, 6.45) is 0.897. The number of carboxylic acid groups (broad SMARTS) is 1. The predicted molar refractivity (Wildman–Crippen MR) is 67.0 cm³/mol. The topological polar surface area (TPSA) is 75.1 Å². The number of aromatic carboxylic acids is 1. The molecule has 1 aromatic carbocycles.